The molecule has 0 spiro atoms. The Morgan fingerprint density at radius 1 is 1.35 bits per heavy atom. The van der Waals surface area contributed by atoms with Crippen molar-refractivity contribution in [3.05, 3.63) is 41.0 Å². The van der Waals surface area contributed by atoms with Crippen LogP contribution in [0.25, 0.3) is 0 Å². The van der Waals surface area contributed by atoms with Crippen molar-refractivity contribution in [2.24, 2.45) is 0 Å². The van der Waals surface area contributed by atoms with Crippen LogP contribution < -0.4 is 5.73 Å². The average Bonchev–Trinajstić information content (AvgIpc) is 2.71. The van der Waals surface area contributed by atoms with Crippen LogP contribution in [0.3, 0.4) is 0 Å². The van der Waals surface area contributed by atoms with Gasteiger partial charge in [-0.05, 0) is 36.4 Å². The van der Waals surface area contributed by atoms with E-state index in [0.717, 1.165) is 23.2 Å². The SMILES string of the molecule is Nc1ccn(CCCSc2cccc(Br)c2)n1. The fourth-order valence-electron chi connectivity index (χ4n) is 1.48. The van der Waals surface area contributed by atoms with Crippen molar-refractivity contribution in [3.63, 3.8) is 0 Å². The van der Waals surface area contributed by atoms with Crippen molar-refractivity contribution in [3.8, 4) is 0 Å². The third-order valence-electron chi connectivity index (χ3n) is 2.26. The van der Waals surface area contributed by atoms with E-state index in [-0.39, 0.29) is 0 Å². The lowest BCUT2D eigenvalue weighted by Gasteiger charge is -2.03. The molecule has 1 aromatic heterocycles. The fraction of sp³-hybridized carbons (Fsp3) is 0.250. The summed E-state index contributed by atoms with van der Waals surface area (Å²) >= 11 is 5.33. The highest BCUT2D eigenvalue weighted by Crippen LogP contribution is 2.22. The van der Waals surface area contributed by atoms with Gasteiger partial charge in [-0.3, -0.25) is 4.68 Å². The number of aryl methyl sites for hydroxylation is 1. The second-order valence-corrected chi connectivity index (χ2v) is 5.75. The number of nitrogens with two attached hydrogens (primary N) is 1. The lowest BCUT2D eigenvalue weighted by Crippen LogP contribution is -2.00. The van der Waals surface area contributed by atoms with E-state index >= 15 is 0 Å². The summed E-state index contributed by atoms with van der Waals surface area (Å²) in [4.78, 5) is 1.29. The Bertz CT molecular complexity index is 484. The van der Waals surface area contributed by atoms with Gasteiger partial charge in [0.2, 0.25) is 0 Å². The second kappa shape index (κ2) is 6.12. The van der Waals surface area contributed by atoms with Gasteiger partial charge in [-0.1, -0.05) is 22.0 Å². The Labute approximate surface area is 114 Å². The van der Waals surface area contributed by atoms with E-state index in [0.29, 0.717) is 5.82 Å². The maximum Gasteiger partial charge on any atom is 0.145 e. The molecule has 90 valence electrons. The third-order valence-corrected chi connectivity index (χ3v) is 3.83. The number of aromatic nitrogens is 2. The molecular weight excluding hydrogens is 298 g/mol. The van der Waals surface area contributed by atoms with Crippen LogP contribution in [0.2, 0.25) is 0 Å². The number of nitrogens with zero attached hydrogens (tertiary/aromatic N) is 2. The van der Waals surface area contributed by atoms with Crippen LogP contribution in [0.15, 0.2) is 45.9 Å². The molecule has 0 atom stereocenters. The predicted molar refractivity (Wildman–Crippen MR) is 76.1 cm³/mol. The molecule has 0 unspecified atom stereocenters. The standard InChI is InChI=1S/C12H14BrN3S/c13-10-3-1-4-11(9-10)17-8-2-6-16-7-5-12(14)15-16/h1,3-5,7,9H,2,6,8H2,(H2,14,15). The lowest BCUT2D eigenvalue weighted by atomic mass is 10.4. The van der Waals surface area contributed by atoms with Gasteiger partial charge in [-0.2, -0.15) is 5.10 Å². The van der Waals surface area contributed by atoms with Gasteiger partial charge in [0, 0.05) is 22.1 Å². The third kappa shape index (κ3) is 4.09. The summed E-state index contributed by atoms with van der Waals surface area (Å²) in [6, 6.07) is 10.2. The Morgan fingerprint density at radius 3 is 2.94 bits per heavy atom. The van der Waals surface area contributed by atoms with Crippen LogP contribution in [-0.2, 0) is 6.54 Å². The van der Waals surface area contributed by atoms with Crippen LogP contribution in [0, 0.1) is 0 Å². The zero-order valence-electron chi connectivity index (χ0n) is 9.34. The summed E-state index contributed by atoms with van der Waals surface area (Å²) in [5.41, 5.74) is 5.55. The molecule has 2 N–H and O–H groups in total. The molecule has 1 heterocycles. The molecule has 2 aromatic rings. The van der Waals surface area contributed by atoms with Crippen molar-refractivity contribution in [1.82, 2.24) is 9.78 Å². The number of benzene rings is 1. The van der Waals surface area contributed by atoms with Crippen molar-refractivity contribution < 1.29 is 0 Å². The molecule has 0 saturated carbocycles. The number of hydrogen-bond donors (Lipinski definition) is 1. The highest BCUT2D eigenvalue weighted by Gasteiger charge is 1.97. The van der Waals surface area contributed by atoms with Gasteiger partial charge in [0.1, 0.15) is 5.82 Å². The smallest absolute Gasteiger partial charge is 0.145 e. The number of thioether (sulfide) groups is 1. The normalized spacial score (nSPS) is 10.6. The minimum Gasteiger partial charge on any atom is -0.382 e. The zero-order chi connectivity index (χ0) is 12.1. The first kappa shape index (κ1) is 12.5. The molecule has 3 nitrogen and oxygen atoms in total. The van der Waals surface area contributed by atoms with E-state index in [4.69, 9.17) is 5.73 Å². The second-order valence-electron chi connectivity index (χ2n) is 3.66. The molecular formula is C12H14BrN3S. The van der Waals surface area contributed by atoms with Crippen molar-refractivity contribution in [2.75, 3.05) is 11.5 Å². The summed E-state index contributed by atoms with van der Waals surface area (Å²) < 4.78 is 3.01. The number of rotatable bonds is 5. The van der Waals surface area contributed by atoms with Gasteiger partial charge < -0.3 is 5.73 Å². The van der Waals surface area contributed by atoms with Crippen LogP contribution >= 0.6 is 27.7 Å². The molecule has 0 aliphatic carbocycles. The minimum absolute atomic E-state index is 0.588. The lowest BCUT2D eigenvalue weighted by molar-refractivity contribution is 0.608. The Kier molecular flexibility index (Phi) is 4.50. The summed E-state index contributed by atoms with van der Waals surface area (Å²) in [6.07, 6.45) is 3.00. The van der Waals surface area contributed by atoms with Gasteiger partial charge in [0.15, 0.2) is 0 Å². The van der Waals surface area contributed by atoms with E-state index in [1.165, 1.54) is 4.90 Å². The molecule has 1 aromatic carbocycles. The van der Waals surface area contributed by atoms with Crippen molar-refractivity contribution in [1.29, 1.82) is 0 Å². The Morgan fingerprint density at radius 2 is 2.24 bits per heavy atom. The number of nitrogen functional groups attached to an aromatic ring is 1. The molecule has 5 heteroatoms. The monoisotopic (exact) mass is 311 g/mol. The summed E-state index contributed by atoms with van der Waals surface area (Å²) in [5.74, 6) is 1.67. The molecule has 2 rings (SSSR count). The summed E-state index contributed by atoms with van der Waals surface area (Å²) in [5, 5.41) is 4.15. The maximum absolute atomic E-state index is 5.55. The number of hydrogen-bond acceptors (Lipinski definition) is 3. The maximum atomic E-state index is 5.55. The Hall–Kier alpha value is -0.940. The first-order valence-electron chi connectivity index (χ1n) is 5.41. The van der Waals surface area contributed by atoms with Crippen LogP contribution in [0.4, 0.5) is 5.82 Å². The van der Waals surface area contributed by atoms with Crippen LogP contribution in [-0.4, -0.2) is 15.5 Å². The average molecular weight is 312 g/mol. The van der Waals surface area contributed by atoms with Gasteiger partial charge in [0.25, 0.3) is 0 Å². The van der Waals surface area contributed by atoms with E-state index in [9.17, 15) is 0 Å². The summed E-state index contributed by atoms with van der Waals surface area (Å²) in [7, 11) is 0. The quantitative estimate of drug-likeness (QED) is 0.680. The fourth-order valence-corrected chi connectivity index (χ4v) is 2.92. The van der Waals surface area contributed by atoms with E-state index < -0.39 is 0 Å². The van der Waals surface area contributed by atoms with Gasteiger partial charge >= 0.3 is 0 Å². The molecule has 0 saturated heterocycles. The van der Waals surface area contributed by atoms with Gasteiger partial charge in [-0.25, -0.2) is 0 Å². The number of halogens is 1. The first-order valence-corrected chi connectivity index (χ1v) is 7.19. The van der Waals surface area contributed by atoms with Crippen LogP contribution in [0.5, 0.6) is 0 Å². The molecule has 0 amide bonds. The topological polar surface area (TPSA) is 43.8 Å². The van der Waals surface area contributed by atoms with E-state index in [2.05, 4.69) is 39.2 Å². The highest BCUT2D eigenvalue weighted by atomic mass is 79.9. The molecule has 0 aliphatic rings. The summed E-state index contributed by atoms with van der Waals surface area (Å²) in [6.45, 7) is 0.915. The number of anilines is 1. The largest absolute Gasteiger partial charge is 0.382 e. The predicted octanol–water partition coefficient (Wildman–Crippen LogP) is 3.41. The van der Waals surface area contributed by atoms with Crippen molar-refractivity contribution in [2.45, 2.75) is 17.9 Å². The van der Waals surface area contributed by atoms with Crippen LogP contribution in [0.1, 0.15) is 6.42 Å². The highest BCUT2D eigenvalue weighted by molar-refractivity contribution is 9.10. The van der Waals surface area contributed by atoms with Gasteiger partial charge in [-0.15, -0.1) is 11.8 Å². The van der Waals surface area contributed by atoms with E-state index in [1.54, 1.807) is 0 Å². The molecule has 0 radical (unpaired) electrons. The van der Waals surface area contributed by atoms with E-state index in [1.807, 2.05) is 34.8 Å². The van der Waals surface area contributed by atoms with Crippen molar-refractivity contribution >= 4 is 33.5 Å². The minimum atomic E-state index is 0.588. The Balaban J connectivity index is 1.73. The molecule has 0 aliphatic heterocycles. The van der Waals surface area contributed by atoms with Gasteiger partial charge in [0.05, 0.1) is 0 Å². The molecule has 17 heavy (non-hydrogen) atoms. The first-order chi connectivity index (χ1) is 8.24. The zero-order valence-corrected chi connectivity index (χ0v) is 11.7. The molecule has 0 bridgehead atoms. The molecule has 0 fully saturated rings.